The highest BCUT2D eigenvalue weighted by molar-refractivity contribution is 5.88. The molecular weight excluding hydrogens is 214 g/mol. The van der Waals surface area contributed by atoms with Gasteiger partial charge in [-0.25, -0.2) is 0 Å². The Bertz CT molecular complexity index is 380. The van der Waals surface area contributed by atoms with E-state index in [1.54, 1.807) is 13.2 Å². The predicted octanol–water partition coefficient (Wildman–Crippen LogP) is 2.46. The minimum atomic E-state index is -0.106. The number of ether oxygens (including phenoxy) is 1. The summed E-state index contributed by atoms with van der Waals surface area (Å²) in [5, 5.41) is 2.82. The van der Waals surface area contributed by atoms with Crippen molar-refractivity contribution >= 4 is 5.91 Å². The third kappa shape index (κ3) is 4.83. The van der Waals surface area contributed by atoms with Gasteiger partial charge in [-0.2, -0.15) is 0 Å². The molecule has 0 fully saturated rings. The SMILES string of the molecule is CO[C@@H](CNC(=O)C=C(C)C)c1ccccc1. The molecule has 0 radical (unpaired) electrons. The number of carbonyl (C=O) groups excluding carboxylic acids is 1. The Morgan fingerprint density at radius 2 is 2.00 bits per heavy atom. The van der Waals surface area contributed by atoms with Gasteiger partial charge < -0.3 is 10.1 Å². The molecule has 1 aromatic carbocycles. The molecule has 0 spiro atoms. The molecule has 92 valence electrons. The van der Waals surface area contributed by atoms with Crippen molar-refractivity contribution in [1.82, 2.24) is 5.32 Å². The summed E-state index contributed by atoms with van der Waals surface area (Å²) in [4.78, 5) is 11.5. The molecule has 0 heterocycles. The van der Waals surface area contributed by atoms with Crippen LogP contribution in [-0.4, -0.2) is 19.6 Å². The fourth-order valence-electron chi connectivity index (χ4n) is 1.51. The van der Waals surface area contributed by atoms with Crippen LogP contribution in [-0.2, 0) is 9.53 Å². The topological polar surface area (TPSA) is 38.3 Å². The van der Waals surface area contributed by atoms with Crippen molar-refractivity contribution in [3.05, 3.63) is 47.5 Å². The molecule has 0 aliphatic carbocycles. The lowest BCUT2D eigenvalue weighted by molar-refractivity contribution is -0.117. The molecule has 3 nitrogen and oxygen atoms in total. The molecular formula is C14H19NO2. The first-order valence-electron chi connectivity index (χ1n) is 5.64. The lowest BCUT2D eigenvalue weighted by atomic mass is 10.1. The zero-order chi connectivity index (χ0) is 12.7. The Balaban J connectivity index is 2.55. The molecule has 0 bridgehead atoms. The lowest BCUT2D eigenvalue weighted by Crippen LogP contribution is -2.27. The van der Waals surface area contributed by atoms with Gasteiger partial charge >= 0.3 is 0 Å². The monoisotopic (exact) mass is 233 g/mol. The Hall–Kier alpha value is -1.61. The average Bonchev–Trinajstić information content (AvgIpc) is 2.30. The number of benzene rings is 1. The van der Waals surface area contributed by atoms with E-state index in [0.29, 0.717) is 6.54 Å². The maximum atomic E-state index is 11.5. The average molecular weight is 233 g/mol. The molecule has 1 atom stereocenters. The Labute approximate surface area is 102 Å². The summed E-state index contributed by atoms with van der Waals surface area (Å²) >= 11 is 0. The normalized spacial score (nSPS) is 11.7. The van der Waals surface area contributed by atoms with E-state index in [1.807, 2.05) is 44.2 Å². The summed E-state index contributed by atoms with van der Waals surface area (Å²) < 4.78 is 5.36. The largest absolute Gasteiger partial charge is 0.375 e. The number of methoxy groups -OCH3 is 1. The smallest absolute Gasteiger partial charge is 0.244 e. The van der Waals surface area contributed by atoms with E-state index in [9.17, 15) is 4.79 Å². The highest BCUT2D eigenvalue weighted by atomic mass is 16.5. The Morgan fingerprint density at radius 3 is 2.53 bits per heavy atom. The molecule has 0 aliphatic heterocycles. The van der Waals surface area contributed by atoms with Crippen molar-refractivity contribution in [3.63, 3.8) is 0 Å². The van der Waals surface area contributed by atoms with Gasteiger partial charge in [0.25, 0.3) is 0 Å². The van der Waals surface area contributed by atoms with Crippen molar-refractivity contribution in [2.24, 2.45) is 0 Å². The van der Waals surface area contributed by atoms with E-state index in [1.165, 1.54) is 0 Å². The molecule has 0 unspecified atom stereocenters. The van der Waals surface area contributed by atoms with Crippen LogP contribution in [0.2, 0.25) is 0 Å². The maximum absolute atomic E-state index is 11.5. The molecule has 0 aromatic heterocycles. The fraction of sp³-hybridized carbons (Fsp3) is 0.357. The number of amides is 1. The van der Waals surface area contributed by atoms with Gasteiger partial charge in [-0.15, -0.1) is 0 Å². The summed E-state index contributed by atoms with van der Waals surface area (Å²) in [6.45, 7) is 4.26. The van der Waals surface area contributed by atoms with Crippen molar-refractivity contribution in [1.29, 1.82) is 0 Å². The van der Waals surface area contributed by atoms with Gasteiger partial charge in [0.15, 0.2) is 0 Å². The summed E-state index contributed by atoms with van der Waals surface area (Å²) in [7, 11) is 1.64. The third-order valence-electron chi connectivity index (χ3n) is 2.34. The molecule has 0 aliphatic rings. The van der Waals surface area contributed by atoms with Crippen LogP contribution in [0.5, 0.6) is 0 Å². The minimum Gasteiger partial charge on any atom is -0.375 e. The van der Waals surface area contributed by atoms with E-state index in [2.05, 4.69) is 5.32 Å². The van der Waals surface area contributed by atoms with Gasteiger partial charge in [-0.1, -0.05) is 35.9 Å². The number of rotatable bonds is 5. The second-order valence-corrected chi connectivity index (χ2v) is 4.10. The van der Waals surface area contributed by atoms with Crippen LogP contribution in [0.25, 0.3) is 0 Å². The summed E-state index contributed by atoms with van der Waals surface area (Å²) in [6, 6.07) is 9.85. The number of hydrogen-bond acceptors (Lipinski definition) is 2. The molecule has 17 heavy (non-hydrogen) atoms. The predicted molar refractivity (Wildman–Crippen MR) is 68.6 cm³/mol. The molecule has 0 saturated heterocycles. The number of nitrogens with one attached hydrogen (secondary N) is 1. The van der Waals surface area contributed by atoms with Crippen LogP contribution in [0.15, 0.2) is 42.0 Å². The molecule has 1 N–H and O–H groups in total. The van der Waals surface area contributed by atoms with Crippen molar-refractivity contribution < 1.29 is 9.53 Å². The Kier molecular flexibility index (Phi) is 5.43. The van der Waals surface area contributed by atoms with Gasteiger partial charge in [-0.3, -0.25) is 4.79 Å². The van der Waals surface area contributed by atoms with Crippen molar-refractivity contribution in [2.45, 2.75) is 20.0 Å². The van der Waals surface area contributed by atoms with Gasteiger partial charge in [0, 0.05) is 19.7 Å². The molecule has 1 rings (SSSR count). The summed E-state index contributed by atoms with van der Waals surface area (Å²) in [6.07, 6.45) is 1.48. The summed E-state index contributed by atoms with van der Waals surface area (Å²) in [5.74, 6) is -0.0806. The highest BCUT2D eigenvalue weighted by Crippen LogP contribution is 2.14. The second kappa shape index (κ2) is 6.86. The zero-order valence-corrected chi connectivity index (χ0v) is 10.6. The lowest BCUT2D eigenvalue weighted by Gasteiger charge is -2.15. The van der Waals surface area contributed by atoms with Gasteiger partial charge in [0.05, 0.1) is 6.10 Å². The number of hydrogen-bond donors (Lipinski definition) is 1. The standard InChI is InChI=1S/C14H19NO2/c1-11(2)9-14(16)15-10-13(17-3)12-7-5-4-6-8-12/h4-9,13H,10H2,1-3H3,(H,15,16)/t13-/m0/s1. The van der Waals surface area contributed by atoms with Crippen molar-refractivity contribution in [2.75, 3.05) is 13.7 Å². The first kappa shape index (κ1) is 13.5. The van der Waals surface area contributed by atoms with E-state index in [4.69, 9.17) is 4.74 Å². The second-order valence-electron chi connectivity index (χ2n) is 4.10. The fourth-order valence-corrected chi connectivity index (χ4v) is 1.51. The molecule has 1 amide bonds. The quantitative estimate of drug-likeness (QED) is 0.793. The van der Waals surface area contributed by atoms with Gasteiger partial charge in [0.1, 0.15) is 0 Å². The first-order chi connectivity index (χ1) is 8.13. The van der Waals surface area contributed by atoms with Crippen LogP contribution in [0.1, 0.15) is 25.5 Å². The van der Waals surface area contributed by atoms with Gasteiger partial charge in [0.2, 0.25) is 5.91 Å². The van der Waals surface area contributed by atoms with E-state index >= 15 is 0 Å². The minimum absolute atomic E-state index is 0.0806. The van der Waals surface area contributed by atoms with E-state index in [0.717, 1.165) is 11.1 Å². The molecule has 0 saturated carbocycles. The Morgan fingerprint density at radius 1 is 1.35 bits per heavy atom. The first-order valence-corrected chi connectivity index (χ1v) is 5.64. The zero-order valence-electron chi connectivity index (χ0n) is 10.6. The highest BCUT2D eigenvalue weighted by Gasteiger charge is 2.10. The van der Waals surface area contributed by atoms with Crippen LogP contribution >= 0.6 is 0 Å². The van der Waals surface area contributed by atoms with E-state index < -0.39 is 0 Å². The number of allylic oxidation sites excluding steroid dienone is 1. The third-order valence-corrected chi connectivity index (χ3v) is 2.34. The van der Waals surface area contributed by atoms with Crippen LogP contribution < -0.4 is 5.32 Å². The summed E-state index contributed by atoms with van der Waals surface area (Å²) in [5.41, 5.74) is 2.05. The number of carbonyl (C=O) groups is 1. The van der Waals surface area contributed by atoms with Crippen LogP contribution in [0.4, 0.5) is 0 Å². The van der Waals surface area contributed by atoms with Crippen molar-refractivity contribution in [3.8, 4) is 0 Å². The van der Waals surface area contributed by atoms with Crippen LogP contribution in [0.3, 0.4) is 0 Å². The maximum Gasteiger partial charge on any atom is 0.244 e. The van der Waals surface area contributed by atoms with Gasteiger partial charge in [-0.05, 0) is 19.4 Å². The van der Waals surface area contributed by atoms with E-state index in [-0.39, 0.29) is 12.0 Å². The van der Waals surface area contributed by atoms with Crippen LogP contribution in [0, 0.1) is 0 Å². The molecule has 1 aromatic rings. The molecule has 3 heteroatoms.